The fourth-order valence-corrected chi connectivity index (χ4v) is 3.41. The van der Waals surface area contributed by atoms with Gasteiger partial charge in [0.05, 0.1) is 7.11 Å². The largest absolute Gasteiger partial charge is 0.496 e. The molecule has 1 aliphatic rings. The molecule has 1 N–H and O–H groups in total. The fraction of sp³-hybridized carbons (Fsp3) is 0.333. The molecule has 20 heavy (non-hydrogen) atoms. The molecule has 0 amide bonds. The van der Waals surface area contributed by atoms with Crippen molar-refractivity contribution in [1.82, 2.24) is 5.32 Å². The summed E-state index contributed by atoms with van der Waals surface area (Å²) in [5.41, 5.74) is 2.82. The zero-order chi connectivity index (χ0) is 14.0. The van der Waals surface area contributed by atoms with Crippen molar-refractivity contribution < 1.29 is 4.74 Å². The Morgan fingerprint density at radius 2 is 1.80 bits per heavy atom. The van der Waals surface area contributed by atoms with Crippen molar-refractivity contribution in [1.29, 1.82) is 0 Å². The third-order valence-electron chi connectivity index (χ3n) is 4.43. The van der Waals surface area contributed by atoms with Crippen LogP contribution < -0.4 is 10.1 Å². The lowest BCUT2D eigenvalue weighted by Gasteiger charge is -2.21. The fourth-order valence-electron chi connectivity index (χ4n) is 3.41. The van der Waals surface area contributed by atoms with Gasteiger partial charge in [-0.05, 0) is 37.6 Å². The monoisotopic (exact) mass is 267 g/mol. The Labute approximate surface area is 120 Å². The predicted molar refractivity (Wildman–Crippen MR) is 82.2 cm³/mol. The normalized spacial score (nSPS) is 24.4. The van der Waals surface area contributed by atoms with E-state index in [0.717, 1.165) is 12.3 Å². The summed E-state index contributed by atoms with van der Waals surface area (Å²) in [5, 5.41) is 3.32. The van der Waals surface area contributed by atoms with Crippen LogP contribution >= 0.6 is 0 Å². The van der Waals surface area contributed by atoms with Crippen LogP contribution in [0.15, 0.2) is 54.6 Å². The van der Waals surface area contributed by atoms with Crippen molar-refractivity contribution >= 4 is 0 Å². The summed E-state index contributed by atoms with van der Waals surface area (Å²) in [6, 6.07) is 19.2. The smallest absolute Gasteiger partial charge is 0.122 e. The Kier molecular flexibility index (Phi) is 3.49. The van der Waals surface area contributed by atoms with Crippen LogP contribution in [-0.4, -0.2) is 20.7 Å². The van der Waals surface area contributed by atoms with Gasteiger partial charge in [-0.15, -0.1) is 0 Å². The van der Waals surface area contributed by atoms with Crippen molar-refractivity contribution in [2.75, 3.05) is 20.7 Å². The molecule has 0 bridgehead atoms. The van der Waals surface area contributed by atoms with Gasteiger partial charge < -0.3 is 10.1 Å². The van der Waals surface area contributed by atoms with Crippen molar-refractivity contribution in [3.05, 3.63) is 65.7 Å². The van der Waals surface area contributed by atoms with Crippen LogP contribution in [0.25, 0.3) is 0 Å². The van der Waals surface area contributed by atoms with E-state index in [1.165, 1.54) is 17.5 Å². The molecule has 2 unspecified atom stereocenters. The molecule has 0 heterocycles. The molecule has 1 aliphatic carbocycles. The summed E-state index contributed by atoms with van der Waals surface area (Å²) in [5.74, 6) is 1.63. The molecule has 0 radical (unpaired) electrons. The van der Waals surface area contributed by atoms with Gasteiger partial charge in [0.1, 0.15) is 5.75 Å². The topological polar surface area (TPSA) is 21.3 Å². The predicted octanol–water partition coefficient (Wildman–Crippen LogP) is 3.22. The Balaban J connectivity index is 2.09. The van der Waals surface area contributed by atoms with Crippen LogP contribution in [0.1, 0.15) is 17.5 Å². The maximum atomic E-state index is 5.60. The highest BCUT2D eigenvalue weighted by molar-refractivity contribution is 5.53. The van der Waals surface area contributed by atoms with Crippen LogP contribution in [0.2, 0.25) is 0 Å². The van der Waals surface area contributed by atoms with Gasteiger partial charge in [0.2, 0.25) is 0 Å². The number of benzene rings is 2. The van der Waals surface area contributed by atoms with Gasteiger partial charge >= 0.3 is 0 Å². The molecular formula is C18H21NO. The molecule has 3 rings (SSSR count). The molecule has 1 saturated carbocycles. The number of rotatable bonds is 5. The highest BCUT2D eigenvalue weighted by Gasteiger charge is 2.56. The van der Waals surface area contributed by atoms with Crippen LogP contribution in [-0.2, 0) is 5.41 Å². The Morgan fingerprint density at radius 3 is 2.50 bits per heavy atom. The number of para-hydroxylation sites is 1. The van der Waals surface area contributed by atoms with Crippen molar-refractivity contribution in [3.8, 4) is 5.75 Å². The van der Waals surface area contributed by atoms with Gasteiger partial charge in [0, 0.05) is 11.0 Å². The standard InChI is InChI=1S/C18H21NO/c1-19-13-15-12-18(15,14-8-4-3-5-9-14)16-10-6-7-11-17(16)20-2/h3-11,15,19H,12-13H2,1-2H3. The van der Waals surface area contributed by atoms with Crippen LogP contribution in [0.4, 0.5) is 0 Å². The highest BCUT2D eigenvalue weighted by atomic mass is 16.5. The summed E-state index contributed by atoms with van der Waals surface area (Å²) in [6.07, 6.45) is 1.18. The minimum Gasteiger partial charge on any atom is -0.496 e. The first-order valence-electron chi connectivity index (χ1n) is 7.16. The summed E-state index contributed by atoms with van der Waals surface area (Å²) in [4.78, 5) is 0. The maximum absolute atomic E-state index is 5.60. The first-order valence-corrected chi connectivity index (χ1v) is 7.16. The maximum Gasteiger partial charge on any atom is 0.122 e. The number of nitrogens with one attached hydrogen (secondary N) is 1. The third kappa shape index (κ3) is 2.01. The number of methoxy groups -OCH3 is 1. The molecule has 2 nitrogen and oxygen atoms in total. The van der Waals surface area contributed by atoms with E-state index < -0.39 is 0 Å². The van der Waals surface area contributed by atoms with Crippen molar-refractivity contribution in [3.63, 3.8) is 0 Å². The van der Waals surface area contributed by atoms with Crippen LogP contribution in [0.3, 0.4) is 0 Å². The molecule has 0 spiro atoms. The second-order valence-corrected chi connectivity index (χ2v) is 5.50. The van der Waals surface area contributed by atoms with E-state index in [2.05, 4.69) is 53.8 Å². The number of hydrogen-bond acceptors (Lipinski definition) is 2. The lowest BCUT2D eigenvalue weighted by molar-refractivity contribution is 0.405. The average Bonchev–Trinajstić information content (AvgIpc) is 3.24. The molecular weight excluding hydrogens is 246 g/mol. The minimum absolute atomic E-state index is 0.108. The van der Waals surface area contributed by atoms with E-state index in [1.807, 2.05) is 13.1 Å². The lowest BCUT2D eigenvalue weighted by atomic mass is 9.85. The van der Waals surface area contributed by atoms with Crippen LogP contribution in [0.5, 0.6) is 5.75 Å². The van der Waals surface area contributed by atoms with E-state index in [0.29, 0.717) is 5.92 Å². The summed E-state index contributed by atoms with van der Waals surface area (Å²) < 4.78 is 5.60. The van der Waals surface area contributed by atoms with Gasteiger partial charge in [-0.3, -0.25) is 0 Å². The second-order valence-electron chi connectivity index (χ2n) is 5.50. The van der Waals surface area contributed by atoms with E-state index in [9.17, 15) is 0 Å². The van der Waals surface area contributed by atoms with E-state index >= 15 is 0 Å². The van der Waals surface area contributed by atoms with Gasteiger partial charge in [0.15, 0.2) is 0 Å². The molecule has 0 saturated heterocycles. The molecule has 1 fully saturated rings. The zero-order valence-corrected chi connectivity index (χ0v) is 12.1. The molecule has 0 aliphatic heterocycles. The Morgan fingerprint density at radius 1 is 1.10 bits per heavy atom. The van der Waals surface area contributed by atoms with E-state index in [-0.39, 0.29) is 5.41 Å². The van der Waals surface area contributed by atoms with E-state index in [1.54, 1.807) is 7.11 Å². The molecule has 2 aromatic carbocycles. The van der Waals surface area contributed by atoms with Crippen LogP contribution in [0, 0.1) is 5.92 Å². The summed E-state index contributed by atoms with van der Waals surface area (Å²) in [6.45, 7) is 1.03. The second kappa shape index (κ2) is 5.29. The minimum atomic E-state index is 0.108. The molecule has 2 heteroatoms. The van der Waals surface area contributed by atoms with Gasteiger partial charge in [-0.1, -0.05) is 48.5 Å². The van der Waals surface area contributed by atoms with Gasteiger partial charge in [-0.2, -0.15) is 0 Å². The lowest BCUT2D eigenvalue weighted by Crippen LogP contribution is -2.20. The number of ether oxygens (including phenoxy) is 1. The first kappa shape index (κ1) is 13.2. The molecule has 104 valence electrons. The summed E-state index contributed by atoms with van der Waals surface area (Å²) in [7, 11) is 3.78. The van der Waals surface area contributed by atoms with Gasteiger partial charge in [-0.25, -0.2) is 0 Å². The van der Waals surface area contributed by atoms with Crippen molar-refractivity contribution in [2.45, 2.75) is 11.8 Å². The molecule has 2 aromatic rings. The molecule has 2 atom stereocenters. The van der Waals surface area contributed by atoms with E-state index in [4.69, 9.17) is 4.74 Å². The Bertz CT molecular complexity index is 581. The summed E-state index contributed by atoms with van der Waals surface area (Å²) >= 11 is 0. The Hall–Kier alpha value is -1.80. The first-order chi connectivity index (χ1) is 9.82. The SMILES string of the molecule is CNCC1CC1(c1ccccc1)c1ccccc1OC. The third-order valence-corrected chi connectivity index (χ3v) is 4.43. The highest BCUT2D eigenvalue weighted by Crippen LogP contribution is 2.60. The number of hydrogen-bond donors (Lipinski definition) is 1. The van der Waals surface area contributed by atoms with Gasteiger partial charge in [0.25, 0.3) is 0 Å². The quantitative estimate of drug-likeness (QED) is 0.898. The zero-order valence-electron chi connectivity index (χ0n) is 12.1. The average molecular weight is 267 g/mol. The van der Waals surface area contributed by atoms with Crippen molar-refractivity contribution in [2.24, 2.45) is 5.92 Å². The molecule has 0 aromatic heterocycles.